The highest BCUT2D eigenvalue weighted by Crippen LogP contribution is 2.25. The van der Waals surface area contributed by atoms with Gasteiger partial charge in [0.05, 0.1) is 0 Å². The fourth-order valence-corrected chi connectivity index (χ4v) is 1.75. The predicted molar refractivity (Wildman–Crippen MR) is 58.9 cm³/mol. The van der Waals surface area contributed by atoms with Gasteiger partial charge in [0.25, 0.3) is 0 Å². The average Bonchev–Trinajstić information content (AvgIpc) is 2.09. The zero-order valence-electron chi connectivity index (χ0n) is 9.57. The smallest absolute Gasteiger partial charge is 0.141 e. The van der Waals surface area contributed by atoms with Crippen molar-refractivity contribution in [1.29, 1.82) is 0 Å². The van der Waals surface area contributed by atoms with Crippen LogP contribution in [-0.2, 0) is 0 Å². The molecule has 0 bridgehead atoms. The van der Waals surface area contributed by atoms with E-state index in [-0.39, 0.29) is 6.04 Å². The highest BCUT2D eigenvalue weighted by molar-refractivity contribution is 5.87. The van der Waals surface area contributed by atoms with Crippen LogP contribution >= 0.6 is 0 Å². The van der Waals surface area contributed by atoms with E-state index in [2.05, 4.69) is 0 Å². The lowest BCUT2D eigenvalue weighted by Gasteiger charge is -2.32. The Morgan fingerprint density at radius 3 is 2.07 bits per heavy atom. The summed E-state index contributed by atoms with van der Waals surface area (Å²) in [4.78, 5) is 12.4. The number of aryl methyl sites for hydroxylation is 2. The molecule has 0 aliphatic carbocycles. The molecule has 82 valence electrons. The zero-order valence-corrected chi connectivity index (χ0v) is 9.57. The zero-order chi connectivity index (χ0) is 11.6. The molecule has 0 aromatic heterocycles. The highest BCUT2D eigenvalue weighted by atomic mass is 16.4. The lowest BCUT2D eigenvalue weighted by atomic mass is 10.1. The Morgan fingerprint density at radius 1 is 1.27 bits per heavy atom. The predicted octanol–water partition coefficient (Wildman–Crippen LogP) is 1.86. The van der Waals surface area contributed by atoms with Crippen LogP contribution in [0.3, 0.4) is 0 Å². The van der Waals surface area contributed by atoms with E-state index in [0.717, 1.165) is 16.8 Å². The van der Waals surface area contributed by atoms with Crippen LogP contribution in [0.5, 0.6) is 0 Å². The quantitative estimate of drug-likeness (QED) is 0.741. The van der Waals surface area contributed by atoms with E-state index >= 15 is 0 Å². The first-order valence-electron chi connectivity index (χ1n) is 5.01. The number of carboxylic acid groups (broad SMARTS) is 1. The van der Waals surface area contributed by atoms with Gasteiger partial charge in [-0.25, -0.2) is 0 Å². The molecule has 0 spiro atoms. The van der Waals surface area contributed by atoms with E-state index in [1.807, 2.05) is 45.9 Å². The molecule has 0 aliphatic rings. The van der Waals surface area contributed by atoms with Gasteiger partial charge in [0.15, 0.2) is 0 Å². The van der Waals surface area contributed by atoms with Gasteiger partial charge in [-0.15, -0.1) is 0 Å². The van der Waals surface area contributed by atoms with Crippen LogP contribution in [0.1, 0.15) is 25.0 Å². The van der Waals surface area contributed by atoms with Crippen LogP contribution < -0.4 is 10.0 Å². The summed E-state index contributed by atoms with van der Waals surface area (Å²) in [7, 11) is 0. The maximum absolute atomic E-state index is 11.1. The minimum atomic E-state index is -1.15. The number of benzene rings is 1. The van der Waals surface area contributed by atoms with Crippen molar-refractivity contribution < 1.29 is 9.90 Å². The molecule has 15 heavy (non-hydrogen) atoms. The molecular weight excluding hydrogens is 190 g/mol. The molecule has 0 atom stereocenters. The molecule has 3 nitrogen and oxygen atoms in total. The van der Waals surface area contributed by atoms with Crippen LogP contribution in [0, 0.1) is 13.8 Å². The molecule has 0 fully saturated rings. The second-order valence-corrected chi connectivity index (χ2v) is 3.97. The van der Waals surface area contributed by atoms with E-state index in [4.69, 9.17) is 0 Å². The molecular formula is C12H16NO2-. The van der Waals surface area contributed by atoms with Gasteiger partial charge in [-0.1, -0.05) is 18.2 Å². The summed E-state index contributed by atoms with van der Waals surface area (Å²) >= 11 is 0. The number of nitrogens with zero attached hydrogens (tertiary/aromatic N) is 1. The van der Waals surface area contributed by atoms with Crippen LogP contribution in [0.15, 0.2) is 18.2 Å². The number of hydrogen-bond donors (Lipinski definition) is 0. The SMILES string of the molecule is Cc1cccc(C)c1N(C(=O)[O-])C(C)C. The maximum Gasteiger partial charge on any atom is 0.141 e. The molecule has 0 saturated carbocycles. The summed E-state index contributed by atoms with van der Waals surface area (Å²) in [5.74, 6) is 0. The van der Waals surface area contributed by atoms with Gasteiger partial charge < -0.3 is 14.8 Å². The number of amides is 1. The number of carbonyl (C=O) groups is 1. The summed E-state index contributed by atoms with van der Waals surface area (Å²) < 4.78 is 0. The summed E-state index contributed by atoms with van der Waals surface area (Å²) in [5, 5.41) is 11.1. The molecule has 1 rings (SSSR count). The van der Waals surface area contributed by atoms with Crippen molar-refractivity contribution >= 4 is 11.8 Å². The summed E-state index contributed by atoms with van der Waals surface area (Å²) in [6.07, 6.45) is -1.15. The Kier molecular flexibility index (Phi) is 3.35. The molecule has 1 amide bonds. The van der Waals surface area contributed by atoms with E-state index < -0.39 is 6.09 Å². The standard InChI is InChI=1S/C12H17NO2/c1-8(2)13(12(14)15)11-9(3)6-5-7-10(11)4/h5-8H,1-4H3,(H,14,15)/p-1. The first-order chi connectivity index (χ1) is 6.95. The molecule has 1 aromatic rings. The first-order valence-corrected chi connectivity index (χ1v) is 5.01. The second kappa shape index (κ2) is 4.34. The van der Waals surface area contributed by atoms with Crippen LogP contribution in [0.25, 0.3) is 0 Å². The Hall–Kier alpha value is -1.51. The van der Waals surface area contributed by atoms with Crippen molar-refractivity contribution in [3.63, 3.8) is 0 Å². The molecule has 0 heterocycles. The number of anilines is 1. The molecule has 1 aromatic carbocycles. The molecule has 0 N–H and O–H groups in total. The fourth-order valence-electron chi connectivity index (χ4n) is 1.75. The van der Waals surface area contributed by atoms with Crippen molar-refractivity contribution in [2.45, 2.75) is 33.7 Å². The van der Waals surface area contributed by atoms with Gasteiger partial charge in [-0.3, -0.25) is 0 Å². The van der Waals surface area contributed by atoms with E-state index in [0.29, 0.717) is 0 Å². The van der Waals surface area contributed by atoms with Gasteiger partial charge >= 0.3 is 0 Å². The van der Waals surface area contributed by atoms with E-state index in [1.165, 1.54) is 4.90 Å². The molecule has 0 radical (unpaired) electrons. The van der Waals surface area contributed by atoms with Gasteiger partial charge in [0.1, 0.15) is 6.09 Å². The number of carbonyl (C=O) groups excluding carboxylic acids is 1. The van der Waals surface area contributed by atoms with Crippen LogP contribution in [-0.4, -0.2) is 12.1 Å². The normalized spacial score (nSPS) is 10.5. The first kappa shape index (κ1) is 11.6. The Bertz CT molecular complexity index is 352. The van der Waals surface area contributed by atoms with Gasteiger partial charge in [-0.2, -0.15) is 0 Å². The van der Waals surface area contributed by atoms with Gasteiger partial charge in [0, 0.05) is 11.7 Å². The molecule has 0 unspecified atom stereocenters. The number of para-hydroxylation sites is 1. The van der Waals surface area contributed by atoms with Crippen LogP contribution in [0.2, 0.25) is 0 Å². The number of rotatable bonds is 2. The van der Waals surface area contributed by atoms with Crippen molar-refractivity contribution in [2.75, 3.05) is 4.90 Å². The lowest BCUT2D eigenvalue weighted by molar-refractivity contribution is -0.247. The topological polar surface area (TPSA) is 43.4 Å². The summed E-state index contributed by atoms with van der Waals surface area (Å²) in [6, 6.07) is 5.61. The van der Waals surface area contributed by atoms with Gasteiger partial charge in [-0.05, 0) is 38.8 Å². The molecule has 0 aliphatic heterocycles. The lowest BCUT2D eigenvalue weighted by Crippen LogP contribution is -2.46. The van der Waals surface area contributed by atoms with Crippen LogP contribution in [0.4, 0.5) is 10.5 Å². The van der Waals surface area contributed by atoms with Crippen molar-refractivity contribution in [3.05, 3.63) is 29.3 Å². The third kappa shape index (κ3) is 2.29. The summed E-state index contributed by atoms with van der Waals surface area (Å²) in [6.45, 7) is 7.48. The Morgan fingerprint density at radius 2 is 1.73 bits per heavy atom. The molecule has 0 saturated heterocycles. The van der Waals surface area contributed by atoms with Gasteiger partial charge in [0.2, 0.25) is 0 Å². The molecule has 3 heteroatoms. The van der Waals surface area contributed by atoms with Crippen molar-refractivity contribution in [2.24, 2.45) is 0 Å². The highest BCUT2D eigenvalue weighted by Gasteiger charge is 2.15. The van der Waals surface area contributed by atoms with E-state index in [9.17, 15) is 9.90 Å². The third-order valence-corrected chi connectivity index (χ3v) is 2.39. The minimum Gasteiger partial charge on any atom is -0.530 e. The number of hydrogen-bond acceptors (Lipinski definition) is 2. The summed E-state index contributed by atoms with van der Waals surface area (Å²) in [5.41, 5.74) is 2.65. The second-order valence-electron chi connectivity index (χ2n) is 3.97. The fraction of sp³-hybridized carbons (Fsp3) is 0.417. The Balaban J connectivity index is 3.28. The largest absolute Gasteiger partial charge is 0.530 e. The minimum absolute atomic E-state index is 0.116. The monoisotopic (exact) mass is 206 g/mol. The maximum atomic E-state index is 11.1. The van der Waals surface area contributed by atoms with Crippen molar-refractivity contribution in [3.8, 4) is 0 Å². The Labute approximate surface area is 90.3 Å². The van der Waals surface area contributed by atoms with E-state index in [1.54, 1.807) is 0 Å². The average molecular weight is 206 g/mol. The van der Waals surface area contributed by atoms with Crippen molar-refractivity contribution in [1.82, 2.24) is 0 Å². The third-order valence-electron chi connectivity index (χ3n) is 2.39.